The summed E-state index contributed by atoms with van der Waals surface area (Å²) in [6.07, 6.45) is 0. The van der Waals surface area contributed by atoms with Crippen LogP contribution in [0.25, 0.3) is 0 Å². The molecule has 0 fully saturated rings. The topological polar surface area (TPSA) is 0 Å². The van der Waals surface area contributed by atoms with E-state index in [2.05, 4.69) is 42.9 Å². The third kappa shape index (κ3) is 4.54. The van der Waals surface area contributed by atoms with E-state index in [4.69, 9.17) is 0 Å². The van der Waals surface area contributed by atoms with E-state index in [0.717, 1.165) is 11.1 Å². The molecular formula is C14H16Si. The summed E-state index contributed by atoms with van der Waals surface area (Å²) in [6.45, 7) is 8.59. The van der Waals surface area contributed by atoms with Crippen molar-refractivity contribution in [3.8, 4) is 23.3 Å². The average Bonchev–Trinajstić information content (AvgIpc) is 2.16. The first-order valence-electron chi connectivity index (χ1n) is 5.07. The summed E-state index contributed by atoms with van der Waals surface area (Å²) in [5.74, 6) is 9.12. The quantitative estimate of drug-likeness (QED) is 0.457. The van der Waals surface area contributed by atoms with Crippen LogP contribution in [0.4, 0.5) is 0 Å². The first-order chi connectivity index (χ1) is 7.01. The van der Waals surface area contributed by atoms with Gasteiger partial charge in [0, 0.05) is 11.1 Å². The van der Waals surface area contributed by atoms with Crippen molar-refractivity contribution in [3.63, 3.8) is 0 Å². The lowest BCUT2D eigenvalue weighted by molar-refractivity contribution is 1.60. The maximum atomic E-state index is 3.34. The maximum absolute atomic E-state index is 3.34. The van der Waals surface area contributed by atoms with Gasteiger partial charge < -0.3 is 0 Å². The number of hydrogen-bond acceptors (Lipinski definition) is 0. The summed E-state index contributed by atoms with van der Waals surface area (Å²) < 4.78 is 0. The van der Waals surface area contributed by atoms with Gasteiger partial charge in [0.25, 0.3) is 0 Å². The van der Waals surface area contributed by atoms with Gasteiger partial charge in [0.1, 0.15) is 8.07 Å². The van der Waals surface area contributed by atoms with Gasteiger partial charge in [0.05, 0.1) is 0 Å². The fourth-order valence-electron chi connectivity index (χ4n) is 1.04. The van der Waals surface area contributed by atoms with Gasteiger partial charge >= 0.3 is 0 Å². The Kier molecular flexibility index (Phi) is 3.78. The predicted octanol–water partition coefficient (Wildman–Crippen LogP) is 3.29. The fourth-order valence-corrected chi connectivity index (χ4v) is 1.56. The highest BCUT2D eigenvalue weighted by molar-refractivity contribution is 6.83. The third-order valence-electron chi connectivity index (χ3n) is 1.74. The molecule has 1 aromatic rings. The molecule has 1 heteroatoms. The fraction of sp³-hybridized carbons (Fsp3) is 0.286. The molecule has 15 heavy (non-hydrogen) atoms. The molecule has 0 aliphatic carbocycles. The zero-order valence-corrected chi connectivity index (χ0v) is 10.8. The first kappa shape index (κ1) is 11.6. The van der Waals surface area contributed by atoms with E-state index in [1.54, 1.807) is 0 Å². The van der Waals surface area contributed by atoms with Gasteiger partial charge in [-0.25, -0.2) is 0 Å². The highest BCUT2D eigenvalue weighted by atomic mass is 28.3. The molecule has 0 nitrogen and oxygen atoms in total. The van der Waals surface area contributed by atoms with E-state index >= 15 is 0 Å². The molecule has 0 spiro atoms. The van der Waals surface area contributed by atoms with Crippen LogP contribution in [0.1, 0.15) is 18.1 Å². The van der Waals surface area contributed by atoms with Crippen molar-refractivity contribution in [1.82, 2.24) is 0 Å². The second-order valence-electron chi connectivity index (χ2n) is 4.45. The van der Waals surface area contributed by atoms with E-state index in [9.17, 15) is 0 Å². The Hall–Kier alpha value is -1.44. The monoisotopic (exact) mass is 212 g/mol. The van der Waals surface area contributed by atoms with Crippen molar-refractivity contribution >= 4 is 8.07 Å². The van der Waals surface area contributed by atoms with Gasteiger partial charge in [0.2, 0.25) is 0 Å². The summed E-state index contributed by atoms with van der Waals surface area (Å²) in [5.41, 5.74) is 5.48. The second-order valence-corrected chi connectivity index (χ2v) is 9.20. The van der Waals surface area contributed by atoms with Crippen LogP contribution < -0.4 is 0 Å². The van der Waals surface area contributed by atoms with Crippen molar-refractivity contribution < 1.29 is 0 Å². The Morgan fingerprint density at radius 3 is 1.73 bits per heavy atom. The lowest BCUT2D eigenvalue weighted by Crippen LogP contribution is -2.16. The van der Waals surface area contributed by atoms with Crippen molar-refractivity contribution in [2.24, 2.45) is 0 Å². The van der Waals surface area contributed by atoms with Crippen LogP contribution >= 0.6 is 0 Å². The third-order valence-corrected chi connectivity index (χ3v) is 2.61. The van der Waals surface area contributed by atoms with E-state index in [0.29, 0.717) is 0 Å². The van der Waals surface area contributed by atoms with Crippen molar-refractivity contribution in [2.45, 2.75) is 26.6 Å². The average molecular weight is 212 g/mol. The molecule has 0 saturated heterocycles. The van der Waals surface area contributed by atoms with Gasteiger partial charge in [0.15, 0.2) is 0 Å². The molecule has 1 rings (SSSR count). The van der Waals surface area contributed by atoms with Crippen LogP contribution in [0.15, 0.2) is 24.3 Å². The van der Waals surface area contributed by atoms with Gasteiger partial charge in [-0.2, -0.15) is 0 Å². The van der Waals surface area contributed by atoms with Crippen molar-refractivity contribution in [1.29, 1.82) is 0 Å². The molecule has 0 bridgehead atoms. The van der Waals surface area contributed by atoms with Crippen LogP contribution in [0.2, 0.25) is 19.6 Å². The molecule has 76 valence electrons. The second kappa shape index (κ2) is 4.87. The molecular weight excluding hydrogens is 196 g/mol. The summed E-state index contributed by atoms with van der Waals surface area (Å²) in [4.78, 5) is 0. The first-order valence-corrected chi connectivity index (χ1v) is 8.57. The van der Waals surface area contributed by atoms with E-state index in [-0.39, 0.29) is 0 Å². The Bertz CT molecular complexity index is 439. The highest BCUT2D eigenvalue weighted by Gasteiger charge is 2.07. The van der Waals surface area contributed by atoms with Crippen molar-refractivity contribution in [3.05, 3.63) is 35.4 Å². The van der Waals surface area contributed by atoms with Gasteiger partial charge in [-0.15, -0.1) is 11.5 Å². The molecule has 0 amide bonds. The Morgan fingerprint density at radius 1 is 0.867 bits per heavy atom. The summed E-state index contributed by atoms with van der Waals surface area (Å²) in [7, 11) is -1.26. The largest absolute Gasteiger partial charge is 0.129 e. The minimum atomic E-state index is -1.26. The minimum Gasteiger partial charge on any atom is -0.127 e. The number of rotatable bonds is 0. The molecule has 0 heterocycles. The van der Waals surface area contributed by atoms with Crippen LogP contribution in [0.5, 0.6) is 0 Å². The standard InChI is InChI=1S/C14H16Si/c1-5-6-13-7-9-14(10-8-13)11-12-15(2,3)4/h7-10H,1-4H3. The van der Waals surface area contributed by atoms with E-state index in [1.807, 2.05) is 31.2 Å². The molecule has 0 saturated carbocycles. The molecule has 0 radical (unpaired) electrons. The minimum absolute atomic E-state index is 1.05. The SMILES string of the molecule is CC#Cc1ccc(C#C[Si](C)(C)C)cc1. The van der Waals surface area contributed by atoms with Gasteiger partial charge in [-0.1, -0.05) is 31.5 Å². The lowest BCUT2D eigenvalue weighted by atomic mass is 10.1. The Balaban J connectivity index is 2.88. The summed E-state index contributed by atoms with van der Waals surface area (Å²) in [6, 6.07) is 8.11. The van der Waals surface area contributed by atoms with Crippen LogP contribution in [-0.2, 0) is 0 Å². The number of hydrogen-bond donors (Lipinski definition) is 0. The molecule has 0 aromatic heterocycles. The molecule has 0 unspecified atom stereocenters. The smallest absolute Gasteiger partial charge is 0.127 e. The molecule has 0 aliphatic heterocycles. The van der Waals surface area contributed by atoms with Gasteiger partial charge in [-0.3, -0.25) is 0 Å². The zero-order valence-electron chi connectivity index (χ0n) is 9.81. The van der Waals surface area contributed by atoms with E-state index in [1.165, 1.54) is 0 Å². The van der Waals surface area contributed by atoms with Crippen LogP contribution in [0, 0.1) is 23.3 Å². The predicted molar refractivity (Wildman–Crippen MR) is 69.2 cm³/mol. The Labute approximate surface area is 93.7 Å². The van der Waals surface area contributed by atoms with Crippen molar-refractivity contribution in [2.75, 3.05) is 0 Å². The Morgan fingerprint density at radius 2 is 1.33 bits per heavy atom. The normalized spacial score (nSPS) is 9.60. The molecule has 0 aliphatic rings. The lowest BCUT2D eigenvalue weighted by Gasteiger charge is -2.03. The molecule has 1 aromatic carbocycles. The van der Waals surface area contributed by atoms with Gasteiger partial charge in [-0.05, 0) is 31.2 Å². The van der Waals surface area contributed by atoms with Crippen LogP contribution in [0.3, 0.4) is 0 Å². The maximum Gasteiger partial charge on any atom is 0.129 e. The summed E-state index contributed by atoms with van der Waals surface area (Å²) >= 11 is 0. The number of benzene rings is 1. The highest BCUT2D eigenvalue weighted by Crippen LogP contribution is 2.03. The zero-order chi connectivity index (χ0) is 11.3. The summed E-state index contributed by atoms with van der Waals surface area (Å²) in [5, 5.41) is 0. The molecule has 0 N–H and O–H groups in total. The van der Waals surface area contributed by atoms with Crippen LogP contribution in [-0.4, -0.2) is 8.07 Å². The molecule has 0 atom stereocenters. The van der Waals surface area contributed by atoms with E-state index < -0.39 is 8.07 Å².